The second kappa shape index (κ2) is 4.40. The van der Waals surface area contributed by atoms with Crippen molar-refractivity contribution in [2.45, 2.75) is 19.0 Å². The number of hydrogen-bond donors (Lipinski definition) is 2. The molecule has 0 fully saturated rings. The molecule has 1 aromatic rings. The lowest BCUT2D eigenvalue weighted by molar-refractivity contribution is 0.117. The summed E-state index contributed by atoms with van der Waals surface area (Å²) >= 11 is 1.83. The Morgan fingerprint density at radius 1 is 1.64 bits per heavy atom. The standard InChI is InChI=1S/C10H16N2OS/c11-5-9(7-13)12-3-1-10-8(6-12)2-4-14-10/h2,4,9,13H,1,3,5-7,11H2. The average molecular weight is 212 g/mol. The Hall–Kier alpha value is -0.420. The van der Waals surface area contributed by atoms with Crippen LogP contribution in [0.5, 0.6) is 0 Å². The van der Waals surface area contributed by atoms with Crippen LogP contribution in [0.2, 0.25) is 0 Å². The fourth-order valence-corrected chi connectivity index (χ4v) is 2.81. The van der Waals surface area contributed by atoms with Crippen molar-refractivity contribution >= 4 is 11.3 Å². The summed E-state index contributed by atoms with van der Waals surface area (Å²) in [5, 5.41) is 11.3. The summed E-state index contributed by atoms with van der Waals surface area (Å²) < 4.78 is 0. The highest BCUT2D eigenvalue weighted by Gasteiger charge is 2.22. The Morgan fingerprint density at radius 3 is 3.21 bits per heavy atom. The predicted octanol–water partition coefficient (Wildman–Crippen LogP) is 0.426. The van der Waals surface area contributed by atoms with Gasteiger partial charge in [-0.15, -0.1) is 11.3 Å². The number of hydrogen-bond acceptors (Lipinski definition) is 4. The van der Waals surface area contributed by atoms with Crippen molar-refractivity contribution in [3.63, 3.8) is 0 Å². The van der Waals surface area contributed by atoms with Crippen LogP contribution in [0.4, 0.5) is 0 Å². The number of aliphatic hydroxyl groups excluding tert-OH is 1. The lowest BCUT2D eigenvalue weighted by atomic mass is 10.1. The Kier molecular flexibility index (Phi) is 3.18. The van der Waals surface area contributed by atoms with Crippen molar-refractivity contribution < 1.29 is 5.11 Å². The van der Waals surface area contributed by atoms with E-state index in [9.17, 15) is 0 Å². The van der Waals surface area contributed by atoms with Gasteiger partial charge in [-0.25, -0.2) is 0 Å². The van der Waals surface area contributed by atoms with Crippen molar-refractivity contribution in [3.8, 4) is 0 Å². The number of nitrogens with zero attached hydrogens (tertiary/aromatic N) is 1. The molecule has 0 saturated heterocycles. The van der Waals surface area contributed by atoms with Gasteiger partial charge in [0.05, 0.1) is 6.61 Å². The molecule has 0 spiro atoms. The maximum Gasteiger partial charge on any atom is 0.0599 e. The number of fused-ring (bicyclic) bond motifs is 1. The summed E-state index contributed by atoms with van der Waals surface area (Å²) in [7, 11) is 0. The molecule has 1 unspecified atom stereocenters. The van der Waals surface area contributed by atoms with Gasteiger partial charge >= 0.3 is 0 Å². The highest BCUT2D eigenvalue weighted by molar-refractivity contribution is 7.10. The molecule has 0 amide bonds. The summed E-state index contributed by atoms with van der Waals surface area (Å²) in [6.07, 6.45) is 1.10. The van der Waals surface area contributed by atoms with Gasteiger partial charge in [0.1, 0.15) is 0 Å². The van der Waals surface area contributed by atoms with Gasteiger partial charge in [0, 0.05) is 30.6 Å². The zero-order valence-electron chi connectivity index (χ0n) is 8.15. The molecule has 0 saturated carbocycles. The van der Waals surface area contributed by atoms with Crippen molar-refractivity contribution in [3.05, 3.63) is 21.9 Å². The summed E-state index contributed by atoms with van der Waals surface area (Å²) in [5.74, 6) is 0. The zero-order chi connectivity index (χ0) is 9.97. The lowest BCUT2D eigenvalue weighted by Crippen LogP contribution is -2.45. The van der Waals surface area contributed by atoms with Gasteiger partial charge in [0.15, 0.2) is 0 Å². The van der Waals surface area contributed by atoms with E-state index >= 15 is 0 Å². The van der Waals surface area contributed by atoms with E-state index in [1.54, 1.807) is 0 Å². The van der Waals surface area contributed by atoms with Gasteiger partial charge in [-0.1, -0.05) is 0 Å². The first-order valence-corrected chi connectivity index (χ1v) is 5.83. The molecule has 3 nitrogen and oxygen atoms in total. The minimum absolute atomic E-state index is 0.128. The Labute approximate surface area is 88.1 Å². The third-order valence-corrected chi connectivity index (χ3v) is 3.86. The van der Waals surface area contributed by atoms with Crippen LogP contribution >= 0.6 is 11.3 Å². The van der Waals surface area contributed by atoms with E-state index in [-0.39, 0.29) is 12.6 Å². The molecule has 1 atom stereocenters. The fourth-order valence-electron chi connectivity index (χ4n) is 1.92. The summed E-state index contributed by atoms with van der Waals surface area (Å²) in [6, 6.07) is 2.31. The second-order valence-electron chi connectivity index (χ2n) is 3.66. The first-order valence-electron chi connectivity index (χ1n) is 4.95. The van der Waals surface area contributed by atoms with Gasteiger partial charge in [-0.2, -0.15) is 0 Å². The maximum absolute atomic E-state index is 9.16. The highest BCUT2D eigenvalue weighted by Crippen LogP contribution is 2.24. The molecule has 4 heteroatoms. The van der Waals surface area contributed by atoms with Crippen LogP contribution in [0.3, 0.4) is 0 Å². The van der Waals surface area contributed by atoms with Gasteiger partial charge in [0.25, 0.3) is 0 Å². The van der Waals surface area contributed by atoms with Crippen LogP contribution in [0, 0.1) is 0 Å². The molecular formula is C10H16N2OS. The lowest BCUT2D eigenvalue weighted by Gasteiger charge is -2.32. The number of thiophene rings is 1. The molecular weight excluding hydrogens is 196 g/mol. The molecule has 2 rings (SSSR count). The van der Waals surface area contributed by atoms with Crippen LogP contribution < -0.4 is 5.73 Å². The third kappa shape index (κ3) is 1.83. The smallest absolute Gasteiger partial charge is 0.0599 e. The van der Waals surface area contributed by atoms with Crippen LogP contribution in [0.15, 0.2) is 11.4 Å². The van der Waals surface area contributed by atoms with Gasteiger partial charge in [0.2, 0.25) is 0 Å². The quantitative estimate of drug-likeness (QED) is 0.764. The van der Waals surface area contributed by atoms with Crippen LogP contribution in [0.25, 0.3) is 0 Å². The van der Waals surface area contributed by atoms with Crippen LogP contribution in [-0.4, -0.2) is 35.7 Å². The second-order valence-corrected chi connectivity index (χ2v) is 4.66. The topological polar surface area (TPSA) is 49.5 Å². The van der Waals surface area contributed by atoms with Crippen molar-refractivity contribution in [1.29, 1.82) is 0 Å². The van der Waals surface area contributed by atoms with Crippen molar-refractivity contribution in [2.75, 3.05) is 19.7 Å². The molecule has 0 radical (unpaired) electrons. The molecule has 0 bridgehead atoms. The molecule has 1 aromatic heterocycles. The first kappa shape index (κ1) is 10.1. The molecule has 0 aliphatic carbocycles. The van der Waals surface area contributed by atoms with E-state index in [0.717, 1.165) is 19.5 Å². The van der Waals surface area contributed by atoms with Gasteiger partial charge in [-0.3, -0.25) is 4.90 Å². The molecule has 0 aromatic carbocycles. The first-order chi connectivity index (χ1) is 6.85. The van der Waals surface area contributed by atoms with E-state index < -0.39 is 0 Å². The van der Waals surface area contributed by atoms with Gasteiger partial charge < -0.3 is 10.8 Å². The average Bonchev–Trinajstić information content (AvgIpc) is 2.66. The third-order valence-electron chi connectivity index (χ3n) is 2.84. The Bertz CT molecular complexity index is 296. The minimum Gasteiger partial charge on any atom is -0.395 e. The molecule has 1 aliphatic heterocycles. The summed E-state index contributed by atoms with van der Waals surface area (Å²) in [6.45, 7) is 2.67. The normalized spacial score (nSPS) is 19.3. The largest absolute Gasteiger partial charge is 0.395 e. The van der Waals surface area contributed by atoms with Crippen LogP contribution in [-0.2, 0) is 13.0 Å². The van der Waals surface area contributed by atoms with Crippen molar-refractivity contribution in [1.82, 2.24) is 4.90 Å². The SMILES string of the molecule is NCC(CO)N1CCc2sccc2C1. The van der Waals surface area contributed by atoms with Gasteiger partial charge in [-0.05, 0) is 23.4 Å². The molecule has 1 aliphatic rings. The highest BCUT2D eigenvalue weighted by atomic mass is 32.1. The molecule has 14 heavy (non-hydrogen) atoms. The number of rotatable bonds is 3. The number of nitrogens with two attached hydrogens (primary N) is 1. The monoisotopic (exact) mass is 212 g/mol. The molecule has 3 N–H and O–H groups in total. The summed E-state index contributed by atoms with van der Waals surface area (Å²) in [5.41, 5.74) is 7.02. The maximum atomic E-state index is 9.16. The van der Waals surface area contributed by atoms with E-state index in [0.29, 0.717) is 6.54 Å². The van der Waals surface area contributed by atoms with E-state index in [4.69, 9.17) is 10.8 Å². The van der Waals surface area contributed by atoms with E-state index in [2.05, 4.69) is 16.3 Å². The summed E-state index contributed by atoms with van der Waals surface area (Å²) in [4.78, 5) is 3.77. The number of aliphatic hydroxyl groups is 1. The predicted molar refractivity (Wildman–Crippen MR) is 58.4 cm³/mol. The molecule has 2 heterocycles. The zero-order valence-corrected chi connectivity index (χ0v) is 8.96. The Balaban J connectivity index is 2.06. The van der Waals surface area contributed by atoms with E-state index in [1.165, 1.54) is 10.4 Å². The van der Waals surface area contributed by atoms with Crippen molar-refractivity contribution in [2.24, 2.45) is 5.73 Å². The van der Waals surface area contributed by atoms with Crippen LogP contribution in [0.1, 0.15) is 10.4 Å². The molecule has 78 valence electrons. The fraction of sp³-hybridized carbons (Fsp3) is 0.600. The van der Waals surface area contributed by atoms with E-state index in [1.807, 2.05) is 11.3 Å². The Morgan fingerprint density at radius 2 is 2.50 bits per heavy atom. The minimum atomic E-state index is 0.128.